The normalized spacial score (nSPS) is 19.6. The molecule has 1 atom stereocenters. The molecule has 3 N–H and O–H groups in total. The summed E-state index contributed by atoms with van der Waals surface area (Å²) in [5, 5.41) is 3.21. The zero-order chi connectivity index (χ0) is 10.1. The number of nitrogens with one attached hydrogen (secondary N) is 1. The predicted octanol–water partition coefficient (Wildman–Crippen LogP) is 1.58. The van der Waals surface area contributed by atoms with E-state index in [1.807, 2.05) is 18.2 Å². The molecular weight excluding hydrogens is 176 g/mol. The molecule has 1 unspecified atom stereocenters. The quantitative estimate of drug-likeness (QED) is 0.661. The lowest BCUT2D eigenvalue weighted by Crippen LogP contribution is -2.31. The van der Waals surface area contributed by atoms with Crippen molar-refractivity contribution in [2.75, 3.05) is 11.1 Å². The number of nitrogen functional groups attached to an aromatic ring is 1. The van der Waals surface area contributed by atoms with Gasteiger partial charge < -0.3 is 11.1 Å². The summed E-state index contributed by atoms with van der Waals surface area (Å²) in [5.74, 6) is 0.193. The minimum absolute atomic E-state index is 0.0377. The van der Waals surface area contributed by atoms with E-state index < -0.39 is 0 Å². The molecule has 14 heavy (non-hydrogen) atoms. The van der Waals surface area contributed by atoms with Crippen molar-refractivity contribution in [3.05, 3.63) is 23.8 Å². The van der Waals surface area contributed by atoms with Gasteiger partial charge in [-0.3, -0.25) is 4.79 Å². The summed E-state index contributed by atoms with van der Waals surface area (Å²) >= 11 is 0. The lowest BCUT2D eigenvalue weighted by atomic mass is 9.96. The summed E-state index contributed by atoms with van der Waals surface area (Å²) in [7, 11) is 0. The Morgan fingerprint density at radius 2 is 2.36 bits per heavy atom. The summed E-state index contributed by atoms with van der Waals surface area (Å²) in [4.78, 5) is 11.2. The molecule has 3 heteroatoms. The molecule has 1 heterocycles. The summed E-state index contributed by atoms with van der Waals surface area (Å²) in [6.07, 6.45) is 1.83. The van der Waals surface area contributed by atoms with Gasteiger partial charge in [-0.25, -0.2) is 0 Å². The molecule has 0 saturated carbocycles. The smallest absolute Gasteiger partial charge is 0.151 e. The first-order chi connectivity index (χ1) is 6.66. The zero-order valence-electron chi connectivity index (χ0n) is 8.21. The Kier molecular flexibility index (Phi) is 2.15. The fourth-order valence-electron chi connectivity index (χ4n) is 1.81. The van der Waals surface area contributed by atoms with Gasteiger partial charge in [0.15, 0.2) is 5.78 Å². The highest BCUT2D eigenvalue weighted by atomic mass is 16.1. The largest absolute Gasteiger partial charge is 0.399 e. The van der Waals surface area contributed by atoms with Crippen LogP contribution in [-0.4, -0.2) is 11.8 Å². The minimum Gasteiger partial charge on any atom is -0.399 e. The first-order valence-electron chi connectivity index (χ1n) is 4.82. The number of hydrogen-bond donors (Lipinski definition) is 2. The number of carbonyl (C=O) groups excluding carboxylic acids is 1. The van der Waals surface area contributed by atoms with Crippen molar-refractivity contribution in [3.8, 4) is 0 Å². The van der Waals surface area contributed by atoms with Crippen LogP contribution >= 0.6 is 0 Å². The first kappa shape index (κ1) is 9.06. The maximum Gasteiger partial charge on any atom is 0.151 e. The Balaban J connectivity index is 2.29. The molecule has 1 aromatic rings. The van der Waals surface area contributed by atoms with E-state index in [0.717, 1.165) is 24.2 Å². The molecule has 1 aromatic carbocycles. The van der Waals surface area contributed by atoms with Gasteiger partial charge in [0.25, 0.3) is 0 Å². The highest BCUT2D eigenvalue weighted by Gasteiger charge is 2.20. The molecule has 0 radical (unpaired) electrons. The third-order valence-corrected chi connectivity index (χ3v) is 2.66. The van der Waals surface area contributed by atoms with Gasteiger partial charge in [0.1, 0.15) is 0 Å². The molecule has 2 rings (SSSR count). The van der Waals surface area contributed by atoms with E-state index in [4.69, 9.17) is 5.73 Å². The number of carbonyl (C=O) groups is 1. The van der Waals surface area contributed by atoms with Gasteiger partial charge in [-0.1, -0.05) is 6.07 Å². The van der Waals surface area contributed by atoms with Crippen LogP contribution in [0, 0.1) is 0 Å². The Labute approximate surface area is 83.3 Å². The zero-order valence-corrected chi connectivity index (χ0v) is 8.21. The van der Waals surface area contributed by atoms with Crippen molar-refractivity contribution in [1.82, 2.24) is 0 Å². The first-order valence-corrected chi connectivity index (χ1v) is 4.82. The van der Waals surface area contributed by atoms with Gasteiger partial charge in [-0.05, 0) is 37.5 Å². The fraction of sp³-hybridized carbons (Fsp3) is 0.364. The Morgan fingerprint density at radius 1 is 1.57 bits per heavy atom. The van der Waals surface area contributed by atoms with E-state index in [9.17, 15) is 4.79 Å². The molecule has 1 aliphatic heterocycles. The van der Waals surface area contributed by atoms with Crippen LogP contribution < -0.4 is 11.1 Å². The topological polar surface area (TPSA) is 55.1 Å². The SMILES string of the molecule is CC(=O)C1CCc2ccc(N)cc2N1. The van der Waals surface area contributed by atoms with Crippen molar-refractivity contribution >= 4 is 17.2 Å². The molecule has 1 aliphatic rings. The predicted molar refractivity (Wildman–Crippen MR) is 57.3 cm³/mol. The fourth-order valence-corrected chi connectivity index (χ4v) is 1.81. The lowest BCUT2D eigenvalue weighted by Gasteiger charge is -2.25. The van der Waals surface area contributed by atoms with Crippen LogP contribution in [0.5, 0.6) is 0 Å². The third kappa shape index (κ3) is 1.58. The van der Waals surface area contributed by atoms with Crippen LogP contribution in [0.1, 0.15) is 18.9 Å². The van der Waals surface area contributed by atoms with Crippen LogP contribution in [0.15, 0.2) is 18.2 Å². The molecule has 0 spiro atoms. The van der Waals surface area contributed by atoms with Crippen molar-refractivity contribution in [2.45, 2.75) is 25.8 Å². The Bertz CT molecular complexity index is 374. The number of aryl methyl sites for hydroxylation is 1. The minimum atomic E-state index is -0.0377. The molecular formula is C11H14N2O. The van der Waals surface area contributed by atoms with E-state index in [1.165, 1.54) is 5.56 Å². The standard InChI is InChI=1S/C11H14N2O/c1-7(14)10-5-3-8-2-4-9(12)6-11(8)13-10/h2,4,6,10,13H,3,5,12H2,1H3. The van der Waals surface area contributed by atoms with Gasteiger partial charge in [0.05, 0.1) is 6.04 Å². The van der Waals surface area contributed by atoms with Crippen LogP contribution in [-0.2, 0) is 11.2 Å². The lowest BCUT2D eigenvalue weighted by molar-refractivity contribution is -0.117. The Hall–Kier alpha value is -1.51. The number of nitrogens with two attached hydrogens (primary N) is 1. The molecule has 74 valence electrons. The molecule has 0 fully saturated rings. The number of fused-ring (bicyclic) bond motifs is 1. The van der Waals surface area contributed by atoms with Gasteiger partial charge in [0.2, 0.25) is 0 Å². The van der Waals surface area contributed by atoms with E-state index in [1.54, 1.807) is 6.92 Å². The van der Waals surface area contributed by atoms with E-state index in [0.29, 0.717) is 0 Å². The molecule has 3 nitrogen and oxygen atoms in total. The maximum absolute atomic E-state index is 11.2. The molecule has 0 aliphatic carbocycles. The highest BCUT2D eigenvalue weighted by molar-refractivity contribution is 5.85. The summed E-state index contributed by atoms with van der Waals surface area (Å²) in [5.41, 5.74) is 8.67. The second kappa shape index (κ2) is 3.33. The van der Waals surface area contributed by atoms with E-state index in [2.05, 4.69) is 5.32 Å². The monoisotopic (exact) mass is 190 g/mol. The van der Waals surface area contributed by atoms with Crippen LogP contribution in [0.4, 0.5) is 11.4 Å². The molecule has 0 saturated heterocycles. The average Bonchev–Trinajstić information content (AvgIpc) is 2.16. The number of hydrogen-bond acceptors (Lipinski definition) is 3. The van der Waals surface area contributed by atoms with E-state index >= 15 is 0 Å². The van der Waals surface area contributed by atoms with Crippen molar-refractivity contribution in [2.24, 2.45) is 0 Å². The van der Waals surface area contributed by atoms with Gasteiger partial charge in [0, 0.05) is 11.4 Å². The molecule has 0 amide bonds. The maximum atomic E-state index is 11.2. The van der Waals surface area contributed by atoms with Crippen LogP contribution in [0.2, 0.25) is 0 Å². The summed E-state index contributed by atoms with van der Waals surface area (Å²) in [6, 6.07) is 5.77. The Morgan fingerprint density at radius 3 is 3.07 bits per heavy atom. The van der Waals surface area contributed by atoms with Crippen molar-refractivity contribution in [3.63, 3.8) is 0 Å². The molecule has 0 bridgehead atoms. The number of benzene rings is 1. The van der Waals surface area contributed by atoms with Crippen LogP contribution in [0.25, 0.3) is 0 Å². The summed E-state index contributed by atoms with van der Waals surface area (Å²) in [6.45, 7) is 1.62. The average molecular weight is 190 g/mol. The van der Waals surface area contributed by atoms with Gasteiger partial charge >= 0.3 is 0 Å². The number of anilines is 2. The van der Waals surface area contributed by atoms with Crippen molar-refractivity contribution in [1.29, 1.82) is 0 Å². The second-order valence-corrected chi connectivity index (χ2v) is 3.76. The number of rotatable bonds is 1. The number of Topliss-reactive ketones (excluding diaryl/α,β-unsaturated/α-hetero) is 1. The third-order valence-electron chi connectivity index (χ3n) is 2.66. The van der Waals surface area contributed by atoms with Gasteiger partial charge in [-0.2, -0.15) is 0 Å². The highest BCUT2D eigenvalue weighted by Crippen LogP contribution is 2.26. The van der Waals surface area contributed by atoms with Crippen LogP contribution in [0.3, 0.4) is 0 Å². The van der Waals surface area contributed by atoms with E-state index in [-0.39, 0.29) is 11.8 Å². The second-order valence-electron chi connectivity index (χ2n) is 3.76. The molecule has 0 aromatic heterocycles. The summed E-state index contributed by atoms with van der Waals surface area (Å²) < 4.78 is 0. The number of ketones is 1. The van der Waals surface area contributed by atoms with Gasteiger partial charge in [-0.15, -0.1) is 0 Å². The van der Waals surface area contributed by atoms with Crippen molar-refractivity contribution < 1.29 is 4.79 Å².